The van der Waals surface area contributed by atoms with Gasteiger partial charge in [-0.15, -0.1) is 0 Å². The van der Waals surface area contributed by atoms with E-state index in [1.165, 1.54) is 66.7 Å². The first-order chi connectivity index (χ1) is 25.9. The highest BCUT2D eigenvalue weighted by Crippen LogP contribution is 2.42. The van der Waals surface area contributed by atoms with Gasteiger partial charge in [-0.2, -0.15) is 16.8 Å². The fraction of sp³-hybridized carbons (Fsp3) is 0.0500. The Morgan fingerprint density at radius 2 is 0.944 bits per heavy atom. The van der Waals surface area contributed by atoms with Crippen molar-refractivity contribution in [3.05, 3.63) is 166 Å². The molecule has 7 rings (SSSR count). The van der Waals surface area contributed by atoms with Crippen molar-refractivity contribution >= 4 is 53.2 Å². The van der Waals surface area contributed by atoms with Crippen molar-refractivity contribution in [1.29, 1.82) is 10.8 Å². The summed E-state index contributed by atoms with van der Waals surface area (Å²) < 4.78 is 65.0. The molecule has 7 aromatic carbocycles. The standard InChI is InChI=1S/C40H26N4O8S2/c1-40(25-8-3-2-4-9-25,26-14-18-28(19-15-26)51-53(47,48)36-13-7-12-33-31(36)22-23-34(43-41)38(33)45)27-16-20-29(21-17-27)52-54(49,50)37-24-35(44-42)39(46)32-11-6-5-10-30(32)37/h2-24H,1H3. The number of nitrogens with zero attached hydrogens (tertiary/aromatic N) is 4. The molecule has 0 aliphatic heterocycles. The van der Waals surface area contributed by atoms with E-state index < -0.39 is 42.8 Å². The largest absolute Gasteiger partial charge is 0.867 e. The van der Waals surface area contributed by atoms with Gasteiger partial charge in [0.25, 0.3) is 0 Å². The number of benzene rings is 7. The van der Waals surface area contributed by atoms with Crippen LogP contribution in [0, 0.1) is 10.8 Å². The number of diazo groups is 2. The van der Waals surface area contributed by atoms with Gasteiger partial charge in [0, 0.05) is 22.3 Å². The molecular formula is C40H26N4O8S2. The molecule has 54 heavy (non-hydrogen) atoms. The molecule has 0 aromatic heterocycles. The van der Waals surface area contributed by atoms with E-state index in [9.17, 15) is 32.4 Å². The molecule has 14 heteroatoms. The van der Waals surface area contributed by atoms with Crippen molar-refractivity contribution in [2.75, 3.05) is 0 Å². The van der Waals surface area contributed by atoms with Crippen LogP contribution in [-0.4, -0.2) is 16.8 Å². The van der Waals surface area contributed by atoms with Crippen LogP contribution >= 0.6 is 0 Å². The van der Waals surface area contributed by atoms with Crippen molar-refractivity contribution in [3.8, 4) is 23.0 Å². The summed E-state index contributed by atoms with van der Waals surface area (Å²) in [6, 6.07) is 36.1. The summed E-state index contributed by atoms with van der Waals surface area (Å²) in [7, 11) is -8.92. The number of rotatable bonds is 9. The summed E-state index contributed by atoms with van der Waals surface area (Å²) in [5, 5.41) is 44.1. The van der Waals surface area contributed by atoms with E-state index in [1.54, 1.807) is 36.4 Å². The van der Waals surface area contributed by atoms with E-state index >= 15 is 0 Å². The molecule has 0 spiro atoms. The fourth-order valence-electron chi connectivity index (χ4n) is 6.47. The van der Waals surface area contributed by atoms with Gasteiger partial charge in [-0.25, -0.2) is 0 Å². The van der Waals surface area contributed by atoms with Crippen LogP contribution in [-0.2, 0) is 25.7 Å². The van der Waals surface area contributed by atoms with Gasteiger partial charge < -0.3 is 18.6 Å². The minimum absolute atomic E-state index is 0.0131. The van der Waals surface area contributed by atoms with Crippen LogP contribution in [0.2, 0.25) is 0 Å². The Morgan fingerprint density at radius 1 is 0.500 bits per heavy atom. The van der Waals surface area contributed by atoms with Crippen molar-refractivity contribution in [1.82, 2.24) is 0 Å². The SMILES string of the molecule is CC(c1ccccc1)(c1ccc(OS(=O)(=O)c2cccc3c([O-])c([N+]#N)ccc23)cc1)c1ccc(OS(=O)(=O)c2cc([N+]#N)c([O-])c3ccccc23)cc1. The predicted octanol–water partition coefficient (Wildman–Crippen LogP) is 8.00. The molecule has 0 saturated heterocycles. The van der Waals surface area contributed by atoms with E-state index in [0.717, 1.165) is 22.8 Å². The van der Waals surface area contributed by atoms with Crippen LogP contribution in [0.5, 0.6) is 23.0 Å². The first kappa shape index (κ1) is 35.4. The van der Waals surface area contributed by atoms with Gasteiger partial charge in [-0.1, -0.05) is 91.0 Å². The average molecular weight is 755 g/mol. The van der Waals surface area contributed by atoms with Crippen LogP contribution < -0.4 is 18.6 Å². The summed E-state index contributed by atoms with van der Waals surface area (Å²) >= 11 is 0. The molecule has 1 atom stereocenters. The highest BCUT2D eigenvalue weighted by Gasteiger charge is 2.32. The van der Waals surface area contributed by atoms with E-state index in [4.69, 9.17) is 13.8 Å². The van der Waals surface area contributed by atoms with Crippen LogP contribution in [0.25, 0.3) is 31.5 Å². The van der Waals surface area contributed by atoms with Gasteiger partial charge in [-0.3, -0.25) is 0 Å². The van der Waals surface area contributed by atoms with Crippen molar-refractivity contribution in [3.63, 3.8) is 0 Å². The molecule has 12 nitrogen and oxygen atoms in total. The normalized spacial score (nSPS) is 12.7. The quantitative estimate of drug-likeness (QED) is 0.0793. The van der Waals surface area contributed by atoms with E-state index in [0.29, 0.717) is 0 Å². The van der Waals surface area contributed by atoms with Gasteiger partial charge in [0.1, 0.15) is 21.3 Å². The van der Waals surface area contributed by atoms with Crippen LogP contribution in [0.4, 0.5) is 11.4 Å². The van der Waals surface area contributed by atoms with Gasteiger partial charge in [0.15, 0.2) is 9.95 Å². The Labute approximate surface area is 309 Å². The summed E-state index contributed by atoms with van der Waals surface area (Å²) in [5.74, 6) is -1.26. The fourth-order valence-corrected chi connectivity index (χ4v) is 8.78. The predicted molar refractivity (Wildman–Crippen MR) is 197 cm³/mol. The highest BCUT2D eigenvalue weighted by atomic mass is 32.2. The molecule has 0 fully saturated rings. The van der Waals surface area contributed by atoms with Gasteiger partial charge in [-0.05, 0) is 82.3 Å². The molecule has 0 N–H and O–H groups in total. The Hall–Kier alpha value is -7.00. The maximum absolute atomic E-state index is 13.5. The topological polar surface area (TPSA) is 189 Å². The maximum Gasteiger partial charge on any atom is 0.379 e. The maximum atomic E-state index is 13.5. The molecule has 7 aromatic rings. The molecule has 0 saturated carbocycles. The molecule has 0 aliphatic rings. The lowest BCUT2D eigenvalue weighted by atomic mass is 9.71. The zero-order valence-electron chi connectivity index (χ0n) is 28.2. The molecular weight excluding hydrogens is 729 g/mol. The minimum Gasteiger partial charge on any atom is -0.867 e. The second-order valence-corrected chi connectivity index (χ2v) is 15.4. The summed E-state index contributed by atoms with van der Waals surface area (Å²) in [6.45, 7) is 1.96. The second kappa shape index (κ2) is 13.5. The molecule has 0 radical (unpaired) electrons. The lowest BCUT2D eigenvalue weighted by Crippen LogP contribution is -2.25. The molecule has 0 amide bonds. The molecule has 0 aliphatic carbocycles. The van der Waals surface area contributed by atoms with Crippen LogP contribution in [0.1, 0.15) is 23.6 Å². The first-order valence-corrected chi connectivity index (χ1v) is 19.0. The van der Waals surface area contributed by atoms with E-state index in [-0.39, 0.29) is 48.5 Å². The molecule has 0 bridgehead atoms. The van der Waals surface area contributed by atoms with Crippen molar-refractivity contribution in [2.24, 2.45) is 0 Å². The third-order valence-corrected chi connectivity index (χ3v) is 11.9. The summed E-state index contributed by atoms with van der Waals surface area (Å²) in [6.07, 6.45) is 0. The highest BCUT2D eigenvalue weighted by molar-refractivity contribution is 7.87. The Kier molecular flexibility index (Phi) is 8.87. The average Bonchev–Trinajstić information content (AvgIpc) is 3.18. The minimum atomic E-state index is -4.50. The van der Waals surface area contributed by atoms with Crippen molar-refractivity contribution in [2.45, 2.75) is 22.1 Å². The summed E-state index contributed by atoms with van der Waals surface area (Å²) in [4.78, 5) is 5.35. The number of hydrogen-bond donors (Lipinski definition) is 0. The molecule has 0 heterocycles. The summed E-state index contributed by atoms with van der Waals surface area (Å²) in [5.41, 5.74) is 0.834. The first-order valence-electron chi connectivity index (χ1n) is 16.2. The number of fused-ring (bicyclic) bond motifs is 2. The second-order valence-electron chi connectivity index (χ2n) is 12.3. The zero-order valence-corrected chi connectivity index (χ0v) is 29.8. The van der Waals surface area contributed by atoms with Crippen molar-refractivity contribution < 1.29 is 35.4 Å². The monoisotopic (exact) mass is 754 g/mol. The van der Waals surface area contributed by atoms with Gasteiger partial charge in [0.2, 0.25) is 10.8 Å². The van der Waals surface area contributed by atoms with Gasteiger partial charge >= 0.3 is 31.6 Å². The lowest BCUT2D eigenvalue weighted by Gasteiger charge is -2.32. The van der Waals surface area contributed by atoms with Gasteiger partial charge in [0.05, 0.1) is 6.07 Å². The zero-order chi connectivity index (χ0) is 38.3. The Morgan fingerprint density at radius 3 is 1.50 bits per heavy atom. The Balaban J connectivity index is 1.20. The Bertz CT molecular complexity index is 2910. The smallest absolute Gasteiger partial charge is 0.379 e. The molecule has 1 unspecified atom stereocenters. The number of hydrogen-bond acceptors (Lipinski definition) is 10. The lowest BCUT2D eigenvalue weighted by molar-refractivity contribution is -0.265. The third kappa shape index (κ3) is 6.15. The van der Waals surface area contributed by atoms with Crippen LogP contribution in [0.3, 0.4) is 0 Å². The third-order valence-electron chi connectivity index (χ3n) is 9.27. The molecule has 266 valence electrons. The van der Waals surface area contributed by atoms with Crippen LogP contribution in [0.15, 0.2) is 149 Å². The van der Waals surface area contributed by atoms with E-state index in [2.05, 4.69) is 9.95 Å². The van der Waals surface area contributed by atoms with E-state index in [1.807, 2.05) is 37.3 Å².